The van der Waals surface area contributed by atoms with Crippen LogP contribution in [-0.4, -0.2) is 25.9 Å². The van der Waals surface area contributed by atoms with E-state index in [2.05, 4.69) is 15.0 Å². The number of rotatable bonds is 3. The zero-order chi connectivity index (χ0) is 18.8. The van der Waals surface area contributed by atoms with Crippen molar-refractivity contribution < 1.29 is 5.11 Å². The van der Waals surface area contributed by atoms with Crippen LogP contribution >= 0.6 is 11.6 Å². The molecule has 1 N–H and O–H groups in total. The first-order chi connectivity index (χ1) is 13.1. The highest BCUT2D eigenvalue weighted by Crippen LogP contribution is 2.27. The molecule has 6 nitrogen and oxygen atoms in total. The summed E-state index contributed by atoms with van der Waals surface area (Å²) in [4.78, 5) is 25.3. The molecule has 7 heteroatoms. The largest absolute Gasteiger partial charge is 0.494 e. The van der Waals surface area contributed by atoms with Crippen molar-refractivity contribution in [1.82, 2.24) is 14.5 Å². The second kappa shape index (κ2) is 7.01. The van der Waals surface area contributed by atoms with E-state index in [4.69, 9.17) is 11.6 Å². The number of aromatic hydroxyl groups is 1. The van der Waals surface area contributed by atoms with Crippen LogP contribution in [0.1, 0.15) is 5.56 Å². The molecule has 0 unspecified atom stereocenters. The first-order valence-electron chi connectivity index (χ1n) is 8.09. The van der Waals surface area contributed by atoms with E-state index >= 15 is 0 Å². The zero-order valence-corrected chi connectivity index (χ0v) is 14.7. The van der Waals surface area contributed by atoms with Gasteiger partial charge in [0.2, 0.25) is 11.8 Å². The first-order valence-corrected chi connectivity index (χ1v) is 8.46. The Morgan fingerprint density at radius 3 is 2.48 bits per heavy atom. The molecule has 2 heterocycles. The van der Waals surface area contributed by atoms with Crippen molar-refractivity contribution in [3.05, 3.63) is 87.9 Å². The van der Waals surface area contributed by atoms with Crippen LogP contribution in [0, 0.1) is 0 Å². The molecule has 27 heavy (non-hydrogen) atoms. The number of aliphatic imine (C=N–C) groups is 1. The number of pyridine rings is 1. The van der Waals surface area contributed by atoms with Crippen molar-refractivity contribution >= 4 is 34.5 Å². The van der Waals surface area contributed by atoms with E-state index in [1.54, 1.807) is 67.0 Å². The van der Waals surface area contributed by atoms with Crippen LogP contribution in [0.2, 0.25) is 5.02 Å². The van der Waals surface area contributed by atoms with Gasteiger partial charge in [-0.2, -0.15) is 0 Å². The lowest BCUT2D eigenvalue weighted by Crippen LogP contribution is -2.20. The van der Waals surface area contributed by atoms with Gasteiger partial charge in [-0.15, -0.1) is 0 Å². The van der Waals surface area contributed by atoms with Crippen LogP contribution in [-0.2, 0) is 0 Å². The van der Waals surface area contributed by atoms with Gasteiger partial charge in [0.25, 0.3) is 5.56 Å². The lowest BCUT2D eigenvalue weighted by atomic mass is 10.1. The summed E-state index contributed by atoms with van der Waals surface area (Å²) in [7, 11) is 0. The highest BCUT2D eigenvalue weighted by molar-refractivity contribution is 6.30. The fourth-order valence-corrected chi connectivity index (χ4v) is 3.01. The zero-order valence-electron chi connectivity index (χ0n) is 14.0. The van der Waals surface area contributed by atoms with Crippen LogP contribution in [0.3, 0.4) is 0 Å². The number of nitrogens with zero attached hydrogens (tertiary/aromatic N) is 4. The Kier molecular flexibility index (Phi) is 4.40. The Balaban J connectivity index is 2.00. The summed E-state index contributed by atoms with van der Waals surface area (Å²) >= 11 is 6.06. The van der Waals surface area contributed by atoms with Crippen molar-refractivity contribution in [2.45, 2.75) is 0 Å². The van der Waals surface area contributed by atoms with E-state index in [1.807, 2.05) is 0 Å². The molecule has 0 aliphatic heterocycles. The highest BCUT2D eigenvalue weighted by atomic mass is 35.5. The highest BCUT2D eigenvalue weighted by Gasteiger charge is 2.16. The Morgan fingerprint density at radius 2 is 1.74 bits per heavy atom. The Bertz CT molecular complexity index is 1220. The number of benzene rings is 2. The molecule has 0 amide bonds. The maximum atomic E-state index is 13.0. The molecule has 4 rings (SSSR count). The van der Waals surface area contributed by atoms with Crippen molar-refractivity contribution in [1.29, 1.82) is 0 Å². The average Bonchev–Trinajstić information content (AvgIpc) is 2.69. The van der Waals surface area contributed by atoms with Gasteiger partial charge in [0.05, 0.1) is 11.3 Å². The molecule has 0 aliphatic rings. The molecule has 0 saturated carbocycles. The van der Waals surface area contributed by atoms with Crippen molar-refractivity contribution in [2.75, 3.05) is 0 Å². The van der Waals surface area contributed by atoms with E-state index in [9.17, 15) is 9.90 Å². The predicted octanol–water partition coefficient (Wildman–Crippen LogP) is 3.89. The second-order valence-electron chi connectivity index (χ2n) is 5.71. The van der Waals surface area contributed by atoms with Crippen molar-refractivity contribution in [2.24, 2.45) is 4.99 Å². The standard InChI is InChI=1S/C20H13ClN4O2/c21-13-5-3-6-14(11-13)25-18(26)16-8-2-1-7-15(16)17(19(25)27)12-24-20-22-9-4-10-23-20/h1-12,27H/b24-12+. The van der Waals surface area contributed by atoms with E-state index in [1.165, 1.54) is 10.8 Å². The van der Waals surface area contributed by atoms with Crippen LogP contribution in [0.25, 0.3) is 16.5 Å². The van der Waals surface area contributed by atoms with Gasteiger partial charge >= 0.3 is 0 Å². The molecule has 0 atom stereocenters. The Labute approximate surface area is 159 Å². The van der Waals surface area contributed by atoms with Gasteiger partial charge in [0, 0.05) is 34.4 Å². The van der Waals surface area contributed by atoms with Gasteiger partial charge in [-0.25, -0.2) is 19.5 Å². The molecule has 0 fully saturated rings. The van der Waals surface area contributed by atoms with Crippen LogP contribution in [0.5, 0.6) is 5.88 Å². The van der Waals surface area contributed by atoms with E-state index in [-0.39, 0.29) is 17.4 Å². The second-order valence-corrected chi connectivity index (χ2v) is 6.15. The summed E-state index contributed by atoms with van der Waals surface area (Å²) in [5, 5.41) is 12.4. The number of halogens is 1. The number of hydrogen-bond donors (Lipinski definition) is 1. The van der Waals surface area contributed by atoms with Gasteiger partial charge in [0.1, 0.15) is 0 Å². The molecule has 0 aliphatic carbocycles. The number of hydrogen-bond acceptors (Lipinski definition) is 5. The third-order valence-corrected chi connectivity index (χ3v) is 4.27. The third kappa shape index (κ3) is 3.18. The fourth-order valence-electron chi connectivity index (χ4n) is 2.82. The molecular weight excluding hydrogens is 364 g/mol. The molecule has 0 bridgehead atoms. The molecule has 2 aromatic heterocycles. The smallest absolute Gasteiger partial charge is 0.265 e. The van der Waals surface area contributed by atoms with Gasteiger partial charge in [0.15, 0.2) is 0 Å². The van der Waals surface area contributed by atoms with E-state index in [0.717, 1.165) is 0 Å². The minimum atomic E-state index is -0.349. The van der Waals surface area contributed by atoms with E-state index in [0.29, 0.717) is 27.0 Å². The predicted molar refractivity (Wildman–Crippen MR) is 106 cm³/mol. The lowest BCUT2D eigenvalue weighted by molar-refractivity contribution is 0.436. The normalized spacial score (nSPS) is 11.3. The molecule has 0 radical (unpaired) electrons. The molecule has 2 aromatic carbocycles. The third-order valence-electron chi connectivity index (χ3n) is 4.03. The summed E-state index contributed by atoms with van der Waals surface area (Å²) in [6.45, 7) is 0. The summed E-state index contributed by atoms with van der Waals surface area (Å²) < 4.78 is 1.21. The molecule has 0 saturated heterocycles. The van der Waals surface area contributed by atoms with E-state index < -0.39 is 0 Å². The first kappa shape index (κ1) is 16.9. The SMILES string of the molecule is O=c1c2ccccc2c(/C=N/c2ncccn2)c(O)n1-c1cccc(Cl)c1. The minimum Gasteiger partial charge on any atom is -0.494 e. The number of aromatic nitrogens is 3. The summed E-state index contributed by atoms with van der Waals surface area (Å²) in [6.07, 6.45) is 4.60. The lowest BCUT2D eigenvalue weighted by Gasteiger charge is -2.13. The summed E-state index contributed by atoms with van der Waals surface area (Å²) in [5.74, 6) is 0.0159. The molecule has 4 aromatic rings. The summed E-state index contributed by atoms with van der Waals surface area (Å²) in [6, 6.07) is 15.4. The Morgan fingerprint density at radius 1 is 1.00 bits per heavy atom. The monoisotopic (exact) mass is 376 g/mol. The number of fused-ring (bicyclic) bond motifs is 1. The van der Waals surface area contributed by atoms with Gasteiger partial charge < -0.3 is 5.11 Å². The molecule has 0 spiro atoms. The van der Waals surface area contributed by atoms with Crippen molar-refractivity contribution in [3.63, 3.8) is 0 Å². The van der Waals surface area contributed by atoms with Crippen LogP contribution < -0.4 is 5.56 Å². The average molecular weight is 377 g/mol. The summed E-state index contributed by atoms with van der Waals surface area (Å²) in [5.41, 5.74) is 0.498. The van der Waals surface area contributed by atoms with Gasteiger partial charge in [-0.3, -0.25) is 4.79 Å². The fraction of sp³-hybridized carbons (Fsp3) is 0. The minimum absolute atomic E-state index is 0.236. The van der Waals surface area contributed by atoms with Crippen molar-refractivity contribution in [3.8, 4) is 11.6 Å². The van der Waals surface area contributed by atoms with Gasteiger partial charge in [-0.05, 0) is 30.3 Å². The Hall–Kier alpha value is -3.51. The molecule has 132 valence electrons. The van der Waals surface area contributed by atoms with Crippen LogP contribution in [0.4, 0.5) is 5.95 Å². The maximum Gasteiger partial charge on any atom is 0.265 e. The maximum absolute atomic E-state index is 13.0. The quantitative estimate of drug-likeness (QED) is 0.550. The molecular formula is C20H13ClN4O2. The topological polar surface area (TPSA) is 80.4 Å². The van der Waals surface area contributed by atoms with Crippen LogP contribution in [0.15, 0.2) is 76.8 Å². The van der Waals surface area contributed by atoms with Gasteiger partial charge in [-0.1, -0.05) is 35.9 Å².